The van der Waals surface area contributed by atoms with Crippen molar-refractivity contribution in [3.8, 4) is 0 Å². The number of hydrogen-bond acceptors (Lipinski definition) is 3. The summed E-state index contributed by atoms with van der Waals surface area (Å²) in [6.07, 6.45) is 4.73. The molecule has 4 heteroatoms. The highest BCUT2D eigenvalue weighted by atomic mass is 16.5. The minimum absolute atomic E-state index is 0.0222. The monoisotopic (exact) mass is 282 g/mol. The second kappa shape index (κ2) is 7.41. The van der Waals surface area contributed by atoms with Gasteiger partial charge in [0.25, 0.3) is 0 Å². The van der Waals surface area contributed by atoms with Crippen molar-refractivity contribution in [1.29, 1.82) is 0 Å². The summed E-state index contributed by atoms with van der Waals surface area (Å²) in [5.41, 5.74) is 0. The van der Waals surface area contributed by atoms with Gasteiger partial charge in [0.15, 0.2) is 0 Å². The molecule has 5 atom stereocenters. The third-order valence-electron chi connectivity index (χ3n) is 5.11. The lowest BCUT2D eigenvalue weighted by Gasteiger charge is -2.35. The van der Waals surface area contributed by atoms with E-state index in [9.17, 15) is 4.79 Å². The van der Waals surface area contributed by atoms with E-state index in [0.29, 0.717) is 31.1 Å². The van der Waals surface area contributed by atoms with E-state index >= 15 is 0 Å². The quantitative estimate of drug-likeness (QED) is 0.810. The van der Waals surface area contributed by atoms with Crippen molar-refractivity contribution < 1.29 is 9.53 Å². The van der Waals surface area contributed by atoms with Crippen molar-refractivity contribution >= 4 is 5.91 Å². The molecule has 0 bridgehead atoms. The molecule has 1 heterocycles. The smallest absolute Gasteiger partial charge is 0.227 e. The zero-order valence-electron chi connectivity index (χ0n) is 13.2. The Bertz CT molecular complexity index is 322. The van der Waals surface area contributed by atoms with Crippen LogP contribution >= 0.6 is 0 Å². The maximum Gasteiger partial charge on any atom is 0.227 e. The molecule has 1 saturated carbocycles. The van der Waals surface area contributed by atoms with Crippen molar-refractivity contribution in [2.24, 2.45) is 17.8 Å². The molecule has 0 aromatic heterocycles. The minimum atomic E-state index is -0.0222. The number of amides is 1. The molecule has 1 saturated heterocycles. The van der Waals surface area contributed by atoms with Gasteiger partial charge < -0.3 is 15.4 Å². The third-order valence-corrected chi connectivity index (χ3v) is 5.11. The molecule has 0 radical (unpaired) electrons. The molecule has 4 nitrogen and oxygen atoms in total. The van der Waals surface area contributed by atoms with Gasteiger partial charge >= 0.3 is 0 Å². The first-order valence-corrected chi connectivity index (χ1v) is 8.25. The standard InChI is InChI=1S/C16H30N2O2/c1-4-8-17-15-10-20-9-13(15)16(19)18-14-7-5-6-11(2)12(14)3/h11-15,17H,4-10H2,1-3H3,(H,18,19). The van der Waals surface area contributed by atoms with E-state index in [0.717, 1.165) is 19.4 Å². The minimum Gasteiger partial charge on any atom is -0.379 e. The van der Waals surface area contributed by atoms with Crippen LogP contribution in [0.5, 0.6) is 0 Å². The molecular formula is C16H30N2O2. The molecule has 116 valence electrons. The third kappa shape index (κ3) is 3.73. The lowest BCUT2D eigenvalue weighted by Crippen LogP contribution is -2.50. The van der Waals surface area contributed by atoms with Crippen molar-refractivity contribution in [2.45, 2.75) is 58.5 Å². The molecule has 1 amide bonds. The van der Waals surface area contributed by atoms with E-state index in [-0.39, 0.29) is 17.9 Å². The fourth-order valence-corrected chi connectivity index (χ4v) is 3.42. The number of carbonyl (C=O) groups is 1. The van der Waals surface area contributed by atoms with Crippen LogP contribution in [0, 0.1) is 17.8 Å². The van der Waals surface area contributed by atoms with Crippen LogP contribution in [0.25, 0.3) is 0 Å². The van der Waals surface area contributed by atoms with Gasteiger partial charge in [-0.1, -0.05) is 33.6 Å². The molecule has 2 rings (SSSR count). The molecule has 0 aromatic rings. The fraction of sp³-hybridized carbons (Fsp3) is 0.938. The van der Waals surface area contributed by atoms with Crippen molar-refractivity contribution in [1.82, 2.24) is 10.6 Å². The van der Waals surface area contributed by atoms with E-state index in [4.69, 9.17) is 4.74 Å². The predicted octanol–water partition coefficient (Wildman–Crippen LogP) is 1.94. The fourth-order valence-electron chi connectivity index (χ4n) is 3.42. The van der Waals surface area contributed by atoms with E-state index in [1.54, 1.807) is 0 Å². The number of hydrogen-bond donors (Lipinski definition) is 2. The van der Waals surface area contributed by atoms with Crippen LogP contribution in [-0.4, -0.2) is 37.7 Å². The number of ether oxygens (including phenoxy) is 1. The molecule has 0 aromatic carbocycles. The Morgan fingerprint density at radius 1 is 1.20 bits per heavy atom. The summed E-state index contributed by atoms with van der Waals surface area (Å²) in [5, 5.41) is 6.72. The lowest BCUT2D eigenvalue weighted by molar-refractivity contribution is -0.126. The Hall–Kier alpha value is -0.610. The average Bonchev–Trinajstić information content (AvgIpc) is 2.90. The summed E-state index contributed by atoms with van der Waals surface area (Å²) < 4.78 is 5.50. The van der Waals surface area contributed by atoms with Gasteiger partial charge in [-0.15, -0.1) is 0 Å². The summed E-state index contributed by atoms with van der Waals surface area (Å²) in [4.78, 5) is 12.5. The maximum absolute atomic E-state index is 12.5. The van der Waals surface area contributed by atoms with Crippen molar-refractivity contribution in [2.75, 3.05) is 19.8 Å². The molecule has 2 aliphatic rings. The summed E-state index contributed by atoms with van der Waals surface area (Å²) in [5.74, 6) is 1.45. The first-order valence-electron chi connectivity index (χ1n) is 8.25. The van der Waals surface area contributed by atoms with Crippen LogP contribution < -0.4 is 10.6 Å². The average molecular weight is 282 g/mol. The summed E-state index contributed by atoms with van der Waals surface area (Å²) in [7, 11) is 0. The molecule has 20 heavy (non-hydrogen) atoms. The van der Waals surface area contributed by atoms with Gasteiger partial charge in [0.05, 0.1) is 19.1 Å². The summed E-state index contributed by atoms with van der Waals surface area (Å²) in [6, 6.07) is 0.532. The van der Waals surface area contributed by atoms with Gasteiger partial charge in [-0.3, -0.25) is 4.79 Å². The predicted molar refractivity (Wildman–Crippen MR) is 80.5 cm³/mol. The Labute approximate surface area is 123 Å². The zero-order chi connectivity index (χ0) is 14.5. The first-order chi connectivity index (χ1) is 9.63. The Morgan fingerprint density at radius 3 is 2.75 bits per heavy atom. The molecule has 1 aliphatic heterocycles. The zero-order valence-corrected chi connectivity index (χ0v) is 13.2. The van der Waals surface area contributed by atoms with E-state index in [1.807, 2.05) is 0 Å². The van der Waals surface area contributed by atoms with E-state index < -0.39 is 0 Å². The maximum atomic E-state index is 12.5. The van der Waals surface area contributed by atoms with Gasteiger partial charge in [0, 0.05) is 12.1 Å². The van der Waals surface area contributed by atoms with Gasteiger partial charge in [0.1, 0.15) is 0 Å². The van der Waals surface area contributed by atoms with Crippen LogP contribution in [-0.2, 0) is 9.53 Å². The molecule has 0 spiro atoms. The van der Waals surface area contributed by atoms with Gasteiger partial charge in [0.2, 0.25) is 5.91 Å². The highest BCUT2D eigenvalue weighted by molar-refractivity contribution is 5.80. The lowest BCUT2D eigenvalue weighted by atomic mass is 9.78. The molecule has 5 unspecified atom stereocenters. The summed E-state index contributed by atoms with van der Waals surface area (Å²) >= 11 is 0. The Balaban J connectivity index is 1.87. The Morgan fingerprint density at radius 2 is 2.00 bits per heavy atom. The molecule has 1 aliphatic carbocycles. The van der Waals surface area contributed by atoms with Gasteiger partial charge in [-0.05, 0) is 31.2 Å². The number of carbonyl (C=O) groups excluding carboxylic acids is 1. The highest BCUT2D eigenvalue weighted by Gasteiger charge is 2.36. The normalized spacial score (nSPS) is 37.9. The van der Waals surface area contributed by atoms with Crippen molar-refractivity contribution in [3.63, 3.8) is 0 Å². The van der Waals surface area contributed by atoms with E-state index in [1.165, 1.54) is 12.8 Å². The van der Waals surface area contributed by atoms with Crippen LogP contribution in [0.2, 0.25) is 0 Å². The second-order valence-corrected chi connectivity index (χ2v) is 6.59. The number of nitrogens with one attached hydrogen (secondary N) is 2. The molecular weight excluding hydrogens is 252 g/mol. The van der Waals surface area contributed by atoms with Gasteiger partial charge in [-0.25, -0.2) is 0 Å². The van der Waals surface area contributed by atoms with Crippen molar-refractivity contribution in [3.05, 3.63) is 0 Å². The summed E-state index contributed by atoms with van der Waals surface area (Å²) in [6.45, 7) is 8.89. The first kappa shape index (κ1) is 15.8. The SMILES string of the molecule is CCCNC1COCC1C(=O)NC1CCCC(C)C1C. The van der Waals surface area contributed by atoms with Gasteiger partial charge in [-0.2, -0.15) is 0 Å². The van der Waals surface area contributed by atoms with Crippen LogP contribution in [0.1, 0.15) is 46.5 Å². The molecule has 2 fully saturated rings. The van der Waals surface area contributed by atoms with Crippen LogP contribution in [0.4, 0.5) is 0 Å². The Kier molecular flexibility index (Phi) is 5.85. The highest BCUT2D eigenvalue weighted by Crippen LogP contribution is 2.30. The largest absolute Gasteiger partial charge is 0.379 e. The topological polar surface area (TPSA) is 50.4 Å². The van der Waals surface area contributed by atoms with Crippen LogP contribution in [0.3, 0.4) is 0 Å². The van der Waals surface area contributed by atoms with Crippen LogP contribution in [0.15, 0.2) is 0 Å². The van der Waals surface area contributed by atoms with E-state index in [2.05, 4.69) is 31.4 Å². The second-order valence-electron chi connectivity index (χ2n) is 6.59. The molecule has 2 N–H and O–H groups in total. The number of rotatable bonds is 5.